The molecule has 0 aliphatic carbocycles. The van der Waals surface area contributed by atoms with Crippen LogP contribution in [0.25, 0.3) is 11.0 Å². The van der Waals surface area contributed by atoms with Crippen LogP contribution in [-0.2, 0) is 4.74 Å². The molecule has 0 spiro atoms. The first-order valence-electron chi connectivity index (χ1n) is 8.82. The molecule has 0 saturated carbocycles. The molecule has 2 heterocycles. The van der Waals surface area contributed by atoms with Crippen LogP contribution in [-0.4, -0.2) is 25.2 Å². The number of para-hydroxylation sites is 2. The predicted molar refractivity (Wildman–Crippen MR) is 99.2 cm³/mol. The van der Waals surface area contributed by atoms with Crippen molar-refractivity contribution < 1.29 is 13.9 Å². The first kappa shape index (κ1) is 16.5. The van der Waals surface area contributed by atoms with E-state index in [0.717, 1.165) is 30.5 Å². The van der Waals surface area contributed by atoms with Crippen LogP contribution in [0.2, 0.25) is 0 Å². The maximum absolute atomic E-state index is 12.8. The van der Waals surface area contributed by atoms with E-state index >= 15 is 0 Å². The quantitative estimate of drug-likeness (QED) is 0.784. The van der Waals surface area contributed by atoms with Gasteiger partial charge in [0.1, 0.15) is 11.1 Å². The van der Waals surface area contributed by atoms with Gasteiger partial charge in [0, 0.05) is 18.5 Å². The Morgan fingerprint density at radius 1 is 1.12 bits per heavy atom. The zero-order valence-electron chi connectivity index (χ0n) is 14.4. The maximum Gasteiger partial charge on any atom is 0.256 e. The maximum atomic E-state index is 12.8. The molecule has 0 bridgehead atoms. The number of hydrogen-bond donors (Lipinski definition) is 1. The van der Waals surface area contributed by atoms with E-state index in [1.165, 1.54) is 0 Å². The predicted octanol–water partition coefficient (Wildman–Crippen LogP) is 3.57. The molecule has 1 aliphatic heterocycles. The second-order valence-corrected chi connectivity index (χ2v) is 6.30. The SMILES string of the molecule is O=C(NC[C@H]1CCCO1)c1cc2ccccc2oc1=Nc1ccccc1. The zero-order chi connectivity index (χ0) is 17.8. The van der Waals surface area contributed by atoms with Gasteiger partial charge in [0.15, 0.2) is 0 Å². The second kappa shape index (κ2) is 7.54. The number of rotatable bonds is 4. The standard InChI is InChI=1S/C21H20N2O3/c24-20(22-14-17-10-6-12-25-17)18-13-15-7-4-5-11-19(15)26-21(18)23-16-8-2-1-3-9-16/h1-5,7-9,11,13,17H,6,10,12,14H2,(H,22,24)/t17-/m1/s1. The van der Waals surface area contributed by atoms with E-state index in [-0.39, 0.29) is 12.0 Å². The lowest BCUT2D eigenvalue weighted by molar-refractivity contribution is 0.0854. The van der Waals surface area contributed by atoms with Crippen LogP contribution >= 0.6 is 0 Å². The fourth-order valence-corrected chi connectivity index (χ4v) is 3.04. The Labute approximate surface area is 151 Å². The largest absolute Gasteiger partial charge is 0.438 e. The molecule has 1 aliphatic rings. The third-order valence-electron chi connectivity index (χ3n) is 4.40. The summed E-state index contributed by atoms with van der Waals surface area (Å²) in [5.41, 5.74) is 2.16. The molecule has 5 heteroatoms. The molecule has 1 atom stereocenters. The van der Waals surface area contributed by atoms with E-state index in [1.807, 2.05) is 60.7 Å². The minimum atomic E-state index is -0.204. The van der Waals surface area contributed by atoms with E-state index in [9.17, 15) is 4.79 Å². The molecular weight excluding hydrogens is 328 g/mol. The summed E-state index contributed by atoms with van der Waals surface area (Å²) < 4.78 is 11.5. The van der Waals surface area contributed by atoms with Crippen LogP contribution in [0, 0.1) is 0 Å². The number of amides is 1. The zero-order valence-corrected chi connectivity index (χ0v) is 14.4. The van der Waals surface area contributed by atoms with Crippen molar-refractivity contribution in [2.24, 2.45) is 4.99 Å². The third kappa shape index (κ3) is 3.68. The van der Waals surface area contributed by atoms with Crippen molar-refractivity contribution in [2.45, 2.75) is 18.9 Å². The summed E-state index contributed by atoms with van der Waals surface area (Å²) in [6.45, 7) is 1.26. The molecular formula is C21H20N2O3. The van der Waals surface area contributed by atoms with Gasteiger partial charge in [-0.1, -0.05) is 36.4 Å². The van der Waals surface area contributed by atoms with Crippen LogP contribution in [0.4, 0.5) is 5.69 Å². The van der Waals surface area contributed by atoms with Gasteiger partial charge in [-0.15, -0.1) is 0 Å². The van der Waals surface area contributed by atoms with E-state index in [4.69, 9.17) is 9.15 Å². The number of hydrogen-bond acceptors (Lipinski definition) is 4. The molecule has 4 rings (SSSR count). The van der Waals surface area contributed by atoms with Gasteiger partial charge in [-0.05, 0) is 37.1 Å². The van der Waals surface area contributed by atoms with Crippen LogP contribution in [0.15, 0.2) is 70.1 Å². The van der Waals surface area contributed by atoms with Gasteiger partial charge in [0.2, 0.25) is 5.55 Å². The Bertz CT molecular complexity index is 973. The number of nitrogens with zero attached hydrogens (tertiary/aromatic N) is 1. The first-order chi connectivity index (χ1) is 12.8. The van der Waals surface area contributed by atoms with Gasteiger partial charge in [-0.25, -0.2) is 4.99 Å². The molecule has 26 heavy (non-hydrogen) atoms. The van der Waals surface area contributed by atoms with Gasteiger partial charge in [-0.3, -0.25) is 4.79 Å². The van der Waals surface area contributed by atoms with Gasteiger partial charge in [-0.2, -0.15) is 0 Å². The van der Waals surface area contributed by atoms with E-state index in [1.54, 1.807) is 0 Å². The Hall–Kier alpha value is -2.92. The summed E-state index contributed by atoms with van der Waals surface area (Å²) in [6.07, 6.45) is 2.11. The average Bonchev–Trinajstić information content (AvgIpc) is 3.20. The van der Waals surface area contributed by atoms with E-state index in [2.05, 4.69) is 10.3 Å². The molecule has 5 nitrogen and oxygen atoms in total. The Morgan fingerprint density at radius 2 is 1.92 bits per heavy atom. The van der Waals surface area contributed by atoms with Gasteiger partial charge < -0.3 is 14.5 Å². The average molecular weight is 348 g/mol. The Kier molecular flexibility index (Phi) is 4.80. The summed E-state index contributed by atoms with van der Waals surface area (Å²) in [4.78, 5) is 17.3. The van der Waals surface area contributed by atoms with Crippen molar-refractivity contribution in [1.82, 2.24) is 5.32 Å². The highest BCUT2D eigenvalue weighted by atomic mass is 16.5. The minimum Gasteiger partial charge on any atom is -0.438 e. The van der Waals surface area contributed by atoms with Crippen LogP contribution < -0.4 is 10.9 Å². The number of nitrogens with one attached hydrogen (secondary N) is 1. The summed E-state index contributed by atoms with van der Waals surface area (Å²) in [7, 11) is 0. The number of carbonyl (C=O) groups is 1. The Balaban J connectivity index is 1.72. The summed E-state index contributed by atoms with van der Waals surface area (Å²) >= 11 is 0. The number of ether oxygens (including phenoxy) is 1. The van der Waals surface area contributed by atoms with Crippen LogP contribution in [0.3, 0.4) is 0 Å². The Morgan fingerprint density at radius 3 is 2.73 bits per heavy atom. The smallest absolute Gasteiger partial charge is 0.256 e. The molecule has 1 amide bonds. The topological polar surface area (TPSA) is 63.8 Å². The molecule has 132 valence electrons. The molecule has 1 saturated heterocycles. The monoisotopic (exact) mass is 348 g/mol. The van der Waals surface area contributed by atoms with E-state index < -0.39 is 0 Å². The second-order valence-electron chi connectivity index (χ2n) is 6.30. The molecule has 1 fully saturated rings. The van der Waals surface area contributed by atoms with Gasteiger partial charge in [0.25, 0.3) is 5.91 Å². The summed E-state index contributed by atoms with van der Waals surface area (Å²) in [5.74, 6) is -0.204. The van der Waals surface area contributed by atoms with Crippen LogP contribution in [0.1, 0.15) is 23.2 Å². The van der Waals surface area contributed by atoms with Crippen molar-refractivity contribution in [3.05, 3.63) is 71.8 Å². The van der Waals surface area contributed by atoms with Crippen molar-refractivity contribution in [3.63, 3.8) is 0 Å². The first-order valence-corrected chi connectivity index (χ1v) is 8.82. The number of fused-ring (bicyclic) bond motifs is 1. The summed E-state index contributed by atoms with van der Waals surface area (Å²) in [6, 6.07) is 18.9. The fraction of sp³-hybridized carbons (Fsp3) is 0.238. The van der Waals surface area contributed by atoms with Gasteiger partial charge in [0.05, 0.1) is 11.8 Å². The van der Waals surface area contributed by atoms with Gasteiger partial charge >= 0.3 is 0 Å². The number of benzene rings is 2. The van der Waals surface area contributed by atoms with Crippen molar-refractivity contribution >= 4 is 22.6 Å². The van der Waals surface area contributed by atoms with E-state index in [0.29, 0.717) is 23.2 Å². The number of carbonyl (C=O) groups excluding carboxylic acids is 1. The third-order valence-corrected chi connectivity index (χ3v) is 4.40. The molecule has 0 radical (unpaired) electrons. The highest BCUT2D eigenvalue weighted by Crippen LogP contribution is 2.15. The molecule has 3 aromatic rings. The normalized spacial score (nSPS) is 17.5. The lowest BCUT2D eigenvalue weighted by Crippen LogP contribution is -2.34. The van der Waals surface area contributed by atoms with Crippen molar-refractivity contribution in [3.8, 4) is 0 Å². The van der Waals surface area contributed by atoms with Crippen molar-refractivity contribution in [2.75, 3.05) is 13.2 Å². The lowest BCUT2D eigenvalue weighted by atomic mass is 10.1. The summed E-state index contributed by atoms with van der Waals surface area (Å²) in [5, 5.41) is 3.81. The van der Waals surface area contributed by atoms with Crippen LogP contribution in [0.5, 0.6) is 0 Å². The lowest BCUT2D eigenvalue weighted by Gasteiger charge is -2.11. The minimum absolute atomic E-state index is 0.0888. The molecule has 0 unspecified atom stereocenters. The highest BCUT2D eigenvalue weighted by molar-refractivity contribution is 5.96. The fourth-order valence-electron chi connectivity index (χ4n) is 3.04. The molecule has 2 aromatic carbocycles. The van der Waals surface area contributed by atoms with Crippen molar-refractivity contribution in [1.29, 1.82) is 0 Å². The molecule has 1 aromatic heterocycles. The highest BCUT2D eigenvalue weighted by Gasteiger charge is 2.18. The molecule has 1 N–H and O–H groups in total.